The topological polar surface area (TPSA) is 0 Å². The molecule has 0 heteroatoms. The van der Waals surface area contributed by atoms with Crippen molar-refractivity contribution >= 4 is 0 Å². The fourth-order valence-corrected chi connectivity index (χ4v) is 1.98. The third kappa shape index (κ3) is 5.90. The van der Waals surface area contributed by atoms with E-state index in [1.54, 1.807) is 0 Å². The Kier molecular flexibility index (Phi) is 8.18. The second-order valence-electron chi connectivity index (χ2n) is 3.99. The Morgan fingerprint density at radius 3 is 2.15 bits per heavy atom. The fraction of sp³-hybridized carbons (Fsp3) is 0.846. The molecule has 0 fully saturated rings. The Labute approximate surface area is 84.4 Å². The van der Waals surface area contributed by atoms with Crippen LogP contribution < -0.4 is 0 Å². The summed E-state index contributed by atoms with van der Waals surface area (Å²) < 4.78 is 0. The van der Waals surface area contributed by atoms with Gasteiger partial charge in [-0.05, 0) is 31.6 Å². The maximum atomic E-state index is 2.37. The monoisotopic (exact) mass is 182 g/mol. The largest absolute Gasteiger partial charge is 0.0914 e. The van der Waals surface area contributed by atoms with E-state index in [0.29, 0.717) is 0 Å². The molecule has 0 aliphatic rings. The molecule has 0 nitrogen and oxygen atoms in total. The number of hydrogen-bond donors (Lipinski definition) is 0. The van der Waals surface area contributed by atoms with E-state index in [0.717, 1.165) is 11.8 Å². The van der Waals surface area contributed by atoms with E-state index in [-0.39, 0.29) is 0 Å². The predicted molar refractivity (Wildman–Crippen MR) is 61.9 cm³/mol. The van der Waals surface area contributed by atoms with Crippen molar-refractivity contribution in [3.05, 3.63) is 12.2 Å². The lowest BCUT2D eigenvalue weighted by Gasteiger charge is -2.18. The second-order valence-corrected chi connectivity index (χ2v) is 3.99. The molecule has 0 aromatic carbocycles. The van der Waals surface area contributed by atoms with Crippen LogP contribution in [0.1, 0.15) is 59.8 Å². The van der Waals surface area contributed by atoms with Gasteiger partial charge in [0.15, 0.2) is 0 Å². The van der Waals surface area contributed by atoms with Crippen molar-refractivity contribution in [1.29, 1.82) is 0 Å². The van der Waals surface area contributed by atoms with E-state index in [1.807, 2.05) is 0 Å². The Bertz CT molecular complexity index is 124. The number of rotatable bonds is 7. The highest BCUT2D eigenvalue weighted by Crippen LogP contribution is 2.23. The molecule has 0 rings (SSSR count). The van der Waals surface area contributed by atoms with Crippen LogP contribution in [0.15, 0.2) is 12.2 Å². The molecular weight excluding hydrogens is 156 g/mol. The zero-order chi connectivity index (χ0) is 10.1. The summed E-state index contributed by atoms with van der Waals surface area (Å²) in [7, 11) is 0. The molecule has 13 heavy (non-hydrogen) atoms. The van der Waals surface area contributed by atoms with E-state index >= 15 is 0 Å². The molecule has 0 spiro atoms. The predicted octanol–water partition coefficient (Wildman–Crippen LogP) is 4.81. The summed E-state index contributed by atoms with van der Waals surface area (Å²) in [6.45, 7) is 9.04. The first-order chi connectivity index (χ1) is 6.28. The second kappa shape index (κ2) is 8.34. The van der Waals surface area contributed by atoms with Gasteiger partial charge in [-0.15, -0.1) is 0 Å². The van der Waals surface area contributed by atoms with Crippen LogP contribution in [0.2, 0.25) is 0 Å². The van der Waals surface area contributed by atoms with Gasteiger partial charge in [0.2, 0.25) is 0 Å². The maximum Gasteiger partial charge on any atom is -0.0234 e. The first kappa shape index (κ1) is 12.7. The van der Waals surface area contributed by atoms with Crippen LogP contribution in [0.5, 0.6) is 0 Å². The maximum absolute atomic E-state index is 2.37. The minimum atomic E-state index is 0.821. The molecule has 0 saturated heterocycles. The average molecular weight is 182 g/mol. The van der Waals surface area contributed by atoms with E-state index in [9.17, 15) is 0 Å². The van der Waals surface area contributed by atoms with Crippen molar-refractivity contribution < 1.29 is 0 Å². The van der Waals surface area contributed by atoms with Gasteiger partial charge in [0.05, 0.1) is 0 Å². The molecule has 0 aromatic rings. The van der Waals surface area contributed by atoms with Gasteiger partial charge in [0.25, 0.3) is 0 Å². The Balaban J connectivity index is 3.87. The minimum absolute atomic E-state index is 0.821. The SMILES string of the molecule is CC=CC(CC)CC(CC)CCC. The van der Waals surface area contributed by atoms with Crippen LogP contribution in [0.3, 0.4) is 0 Å². The Morgan fingerprint density at radius 2 is 1.77 bits per heavy atom. The van der Waals surface area contributed by atoms with Gasteiger partial charge in [-0.25, -0.2) is 0 Å². The smallest absolute Gasteiger partial charge is 0.0234 e. The third-order valence-corrected chi connectivity index (χ3v) is 2.90. The number of hydrogen-bond acceptors (Lipinski definition) is 0. The highest BCUT2D eigenvalue weighted by molar-refractivity contribution is 4.85. The molecule has 0 aromatic heterocycles. The van der Waals surface area contributed by atoms with Gasteiger partial charge in [-0.1, -0.05) is 52.2 Å². The normalized spacial score (nSPS) is 16.3. The molecular formula is C13H26. The van der Waals surface area contributed by atoms with Gasteiger partial charge in [-0.2, -0.15) is 0 Å². The quantitative estimate of drug-likeness (QED) is 0.496. The molecule has 0 aliphatic carbocycles. The van der Waals surface area contributed by atoms with Crippen molar-refractivity contribution in [2.24, 2.45) is 11.8 Å². The van der Waals surface area contributed by atoms with Crippen LogP contribution in [-0.4, -0.2) is 0 Å². The summed E-state index contributed by atoms with van der Waals surface area (Å²) in [4.78, 5) is 0. The number of allylic oxidation sites excluding steroid dienone is 2. The molecule has 0 aliphatic heterocycles. The Hall–Kier alpha value is -0.260. The molecule has 0 bridgehead atoms. The minimum Gasteiger partial charge on any atom is -0.0914 e. The van der Waals surface area contributed by atoms with E-state index < -0.39 is 0 Å². The standard InChI is InChI=1S/C13H26/c1-5-9-12(7-3)11-13(8-4)10-6-2/h5,9,12-13H,6-8,10-11H2,1-4H3. The highest BCUT2D eigenvalue weighted by atomic mass is 14.2. The van der Waals surface area contributed by atoms with Gasteiger partial charge < -0.3 is 0 Å². The van der Waals surface area contributed by atoms with Crippen LogP contribution in [0.4, 0.5) is 0 Å². The van der Waals surface area contributed by atoms with Gasteiger partial charge in [0.1, 0.15) is 0 Å². The van der Waals surface area contributed by atoms with Crippen LogP contribution >= 0.6 is 0 Å². The van der Waals surface area contributed by atoms with Gasteiger partial charge >= 0.3 is 0 Å². The van der Waals surface area contributed by atoms with Gasteiger partial charge in [-0.3, -0.25) is 0 Å². The summed E-state index contributed by atoms with van der Waals surface area (Å²) in [5.74, 6) is 1.77. The Morgan fingerprint density at radius 1 is 1.08 bits per heavy atom. The highest BCUT2D eigenvalue weighted by Gasteiger charge is 2.10. The van der Waals surface area contributed by atoms with E-state index in [2.05, 4.69) is 39.8 Å². The molecule has 0 N–H and O–H groups in total. The molecule has 2 atom stereocenters. The lowest BCUT2D eigenvalue weighted by Crippen LogP contribution is -2.05. The summed E-state index contributed by atoms with van der Waals surface area (Å²) in [6.07, 6.45) is 11.4. The van der Waals surface area contributed by atoms with Crippen LogP contribution in [0, 0.1) is 11.8 Å². The first-order valence-electron chi connectivity index (χ1n) is 5.91. The first-order valence-corrected chi connectivity index (χ1v) is 5.91. The van der Waals surface area contributed by atoms with Crippen LogP contribution in [0.25, 0.3) is 0 Å². The van der Waals surface area contributed by atoms with Gasteiger partial charge in [0, 0.05) is 0 Å². The lowest BCUT2D eigenvalue weighted by molar-refractivity contribution is 0.373. The third-order valence-electron chi connectivity index (χ3n) is 2.90. The molecule has 2 unspecified atom stereocenters. The van der Waals surface area contributed by atoms with Crippen molar-refractivity contribution in [2.75, 3.05) is 0 Å². The molecule has 0 amide bonds. The fourth-order valence-electron chi connectivity index (χ4n) is 1.98. The van der Waals surface area contributed by atoms with Crippen LogP contribution in [-0.2, 0) is 0 Å². The molecule has 0 saturated carbocycles. The van der Waals surface area contributed by atoms with E-state index in [4.69, 9.17) is 0 Å². The summed E-state index contributed by atoms with van der Waals surface area (Å²) in [5, 5.41) is 0. The van der Waals surface area contributed by atoms with Crippen molar-refractivity contribution in [1.82, 2.24) is 0 Å². The van der Waals surface area contributed by atoms with Crippen molar-refractivity contribution in [3.8, 4) is 0 Å². The summed E-state index contributed by atoms with van der Waals surface area (Å²) in [6, 6.07) is 0. The molecule has 0 radical (unpaired) electrons. The molecule has 0 heterocycles. The zero-order valence-corrected chi connectivity index (χ0v) is 9.84. The summed E-state index contributed by atoms with van der Waals surface area (Å²) >= 11 is 0. The van der Waals surface area contributed by atoms with Crippen molar-refractivity contribution in [3.63, 3.8) is 0 Å². The van der Waals surface area contributed by atoms with Crippen molar-refractivity contribution in [2.45, 2.75) is 59.8 Å². The summed E-state index contributed by atoms with van der Waals surface area (Å²) in [5.41, 5.74) is 0. The lowest BCUT2D eigenvalue weighted by atomic mass is 9.88. The molecule has 78 valence electrons. The van der Waals surface area contributed by atoms with E-state index in [1.165, 1.54) is 32.1 Å². The zero-order valence-electron chi connectivity index (χ0n) is 9.84. The average Bonchev–Trinajstić information content (AvgIpc) is 2.16.